The molecule has 0 aliphatic carbocycles. The van der Waals surface area contributed by atoms with Crippen molar-refractivity contribution in [1.82, 2.24) is 0 Å². The van der Waals surface area contributed by atoms with Gasteiger partial charge >= 0.3 is 0 Å². The number of aryl methyl sites for hydroxylation is 1. The molecule has 0 atom stereocenters. The molecule has 2 aromatic rings. The highest BCUT2D eigenvalue weighted by atomic mass is 35.5. The average Bonchev–Trinajstić information content (AvgIpc) is 2.96. The fraction of sp³-hybridized carbons (Fsp3) is 0.294. The van der Waals surface area contributed by atoms with Gasteiger partial charge in [0.2, 0.25) is 0 Å². The number of thiophene rings is 1. The van der Waals surface area contributed by atoms with Gasteiger partial charge in [-0.05, 0) is 30.2 Å². The molecule has 23 heavy (non-hydrogen) atoms. The summed E-state index contributed by atoms with van der Waals surface area (Å²) in [5.41, 5.74) is 3.06. The zero-order valence-corrected chi connectivity index (χ0v) is 14.2. The van der Waals surface area contributed by atoms with Crippen molar-refractivity contribution in [2.24, 2.45) is 0 Å². The highest BCUT2D eigenvalue weighted by molar-refractivity contribution is 7.18. The second-order valence-corrected chi connectivity index (χ2v) is 6.78. The molecule has 1 saturated heterocycles. The van der Waals surface area contributed by atoms with Crippen LogP contribution in [0.5, 0.6) is 0 Å². The number of carbonyl (C=O) groups is 1. The van der Waals surface area contributed by atoms with Crippen molar-refractivity contribution in [3.63, 3.8) is 0 Å². The Hall–Kier alpha value is -1.87. The van der Waals surface area contributed by atoms with Gasteiger partial charge in [0.05, 0.1) is 23.7 Å². The van der Waals surface area contributed by atoms with Crippen LogP contribution in [-0.2, 0) is 4.74 Å². The summed E-state index contributed by atoms with van der Waals surface area (Å²) < 4.78 is 5.37. The van der Waals surface area contributed by atoms with Crippen LogP contribution in [0.3, 0.4) is 0 Å². The van der Waals surface area contributed by atoms with Crippen LogP contribution in [0.4, 0.5) is 5.00 Å². The zero-order chi connectivity index (χ0) is 16.4. The molecule has 1 aliphatic heterocycles. The minimum atomic E-state index is 0.546. The molecule has 6 heteroatoms. The van der Waals surface area contributed by atoms with Crippen molar-refractivity contribution < 1.29 is 9.53 Å². The molecule has 1 aliphatic rings. The van der Waals surface area contributed by atoms with Crippen molar-refractivity contribution in [3.8, 4) is 17.2 Å². The van der Waals surface area contributed by atoms with Gasteiger partial charge in [-0.25, -0.2) is 0 Å². The largest absolute Gasteiger partial charge is 0.378 e. The third-order valence-electron chi connectivity index (χ3n) is 3.90. The summed E-state index contributed by atoms with van der Waals surface area (Å²) >= 11 is 7.48. The fourth-order valence-electron chi connectivity index (χ4n) is 2.74. The van der Waals surface area contributed by atoms with E-state index in [-0.39, 0.29) is 0 Å². The molecular weight excluding hydrogens is 332 g/mol. The number of anilines is 1. The number of hydrogen-bond donors (Lipinski definition) is 0. The summed E-state index contributed by atoms with van der Waals surface area (Å²) in [5, 5.41) is 11.1. The normalized spacial score (nSPS) is 14.6. The second kappa shape index (κ2) is 6.71. The summed E-state index contributed by atoms with van der Waals surface area (Å²) in [5.74, 6) is 0. The molecule has 1 fully saturated rings. The molecule has 118 valence electrons. The lowest BCUT2D eigenvalue weighted by Gasteiger charge is -2.27. The number of halogens is 1. The molecule has 3 rings (SSSR count). The minimum Gasteiger partial charge on any atom is -0.378 e. The molecule has 0 unspecified atom stereocenters. The van der Waals surface area contributed by atoms with E-state index in [9.17, 15) is 10.1 Å². The Morgan fingerprint density at radius 1 is 1.39 bits per heavy atom. The third kappa shape index (κ3) is 2.98. The standard InChI is InChI=1S/C17H15ClN2O2S/c1-11-2-3-12(18)8-13(11)16-14(9-19)17(23-15(16)10-21)20-4-6-22-7-5-20/h2-3,8,10H,4-7H2,1H3. The molecule has 0 amide bonds. The molecule has 0 spiro atoms. The summed E-state index contributed by atoms with van der Waals surface area (Å²) in [4.78, 5) is 14.3. The fourth-order valence-corrected chi connectivity index (χ4v) is 4.05. The maximum atomic E-state index is 11.6. The number of aldehydes is 1. The van der Waals surface area contributed by atoms with Gasteiger partial charge in [0.1, 0.15) is 11.1 Å². The van der Waals surface area contributed by atoms with Gasteiger partial charge in [-0.3, -0.25) is 4.79 Å². The van der Waals surface area contributed by atoms with Crippen LogP contribution in [0.15, 0.2) is 18.2 Å². The van der Waals surface area contributed by atoms with Crippen molar-refractivity contribution in [3.05, 3.63) is 39.2 Å². The van der Waals surface area contributed by atoms with Crippen molar-refractivity contribution >= 4 is 34.2 Å². The maximum Gasteiger partial charge on any atom is 0.160 e. The van der Waals surface area contributed by atoms with Gasteiger partial charge in [-0.15, -0.1) is 11.3 Å². The van der Waals surface area contributed by atoms with E-state index in [1.54, 1.807) is 0 Å². The van der Waals surface area contributed by atoms with Crippen LogP contribution in [0.25, 0.3) is 11.1 Å². The molecule has 0 N–H and O–H groups in total. The lowest BCUT2D eigenvalue weighted by atomic mass is 9.97. The number of hydrogen-bond acceptors (Lipinski definition) is 5. The summed E-state index contributed by atoms with van der Waals surface area (Å²) in [6, 6.07) is 7.81. The van der Waals surface area contributed by atoms with Crippen molar-refractivity contribution in [1.29, 1.82) is 5.26 Å². The zero-order valence-electron chi connectivity index (χ0n) is 12.6. The number of benzene rings is 1. The van der Waals surface area contributed by atoms with E-state index < -0.39 is 0 Å². The summed E-state index contributed by atoms with van der Waals surface area (Å²) in [7, 11) is 0. The van der Waals surface area contributed by atoms with Crippen LogP contribution in [0.1, 0.15) is 20.8 Å². The van der Waals surface area contributed by atoms with E-state index in [0.717, 1.165) is 35.5 Å². The molecule has 4 nitrogen and oxygen atoms in total. The smallest absolute Gasteiger partial charge is 0.160 e. The number of rotatable bonds is 3. The van der Waals surface area contributed by atoms with Gasteiger partial charge in [0, 0.05) is 23.7 Å². The predicted molar refractivity (Wildman–Crippen MR) is 92.6 cm³/mol. The Balaban J connectivity index is 2.20. The van der Waals surface area contributed by atoms with Gasteiger partial charge < -0.3 is 9.64 Å². The van der Waals surface area contributed by atoms with Crippen molar-refractivity contribution in [2.75, 3.05) is 31.2 Å². The number of carbonyl (C=O) groups excluding carboxylic acids is 1. The molecule has 0 radical (unpaired) electrons. The van der Waals surface area contributed by atoms with Crippen LogP contribution >= 0.6 is 22.9 Å². The minimum absolute atomic E-state index is 0.546. The monoisotopic (exact) mass is 346 g/mol. The number of ether oxygens (including phenoxy) is 1. The summed E-state index contributed by atoms with van der Waals surface area (Å²) in [6.07, 6.45) is 0.825. The number of nitrogens with zero attached hydrogens (tertiary/aromatic N) is 2. The van der Waals surface area contributed by atoms with Gasteiger partial charge in [-0.1, -0.05) is 17.7 Å². The van der Waals surface area contributed by atoms with Crippen LogP contribution in [-0.4, -0.2) is 32.6 Å². The first-order chi connectivity index (χ1) is 11.2. The van der Waals surface area contributed by atoms with E-state index in [1.807, 2.05) is 25.1 Å². The first-order valence-electron chi connectivity index (χ1n) is 7.27. The average molecular weight is 347 g/mol. The molecule has 1 aromatic carbocycles. The SMILES string of the molecule is Cc1ccc(Cl)cc1-c1c(C=O)sc(N2CCOCC2)c1C#N. The van der Waals surface area contributed by atoms with Crippen LogP contribution < -0.4 is 4.90 Å². The predicted octanol–water partition coefficient (Wildman–Crippen LogP) is 3.90. The Morgan fingerprint density at radius 2 is 2.13 bits per heavy atom. The topological polar surface area (TPSA) is 53.3 Å². The Labute approximate surface area is 143 Å². The first-order valence-corrected chi connectivity index (χ1v) is 8.46. The van der Waals surface area contributed by atoms with E-state index >= 15 is 0 Å². The van der Waals surface area contributed by atoms with Gasteiger partial charge in [0.25, 0.3) is 0 Å². The molecule has 1 aromatic heterocycles. The van der Waals surface area contributed by atoms with Crippen molar-refractivity contribution in [2.45, 2.75) is 6.92 Å². The molecule has 2 heterocycles. The highest BCUT2D eigenvalue weighted by Gasteiger charge is 2.25. The van der Waals surface area contributed by atoms with E-state index in [4.69, 9.17) is 16.3 Å². The lowest BCUT2D eigenvalue weighted by Crippen LogP contribution is -2.36. The van der Waals surface area contributed by atoms with E-state index in [0.29, 0.717) is 34.2 Å². The second-order valence-electron chi connectivity index (χ2n) is 5.31. The first kappa shape index (κ1) is 16.0. The summed E-state index contributed by atoms with van der Waals surface area (Å²) in [6.45, 7) is 4.66. The maximum absolute atomic E-state index is 11.6. The van der Waals surface area contributed by atoms with Gasteiger partial charge in [-0.2, -0.15) is 5.26 Å². The van der Waals surface area contributed by atoms with Gasteiger partial charge in [0.15, 0.2) is 6.29 Å². The van der Waals surface area contributed by atoms with E-state index in [1.165, 1.54) is 11.3 Å². The number of nitriles is 1. The highest BCUT2D eigenvalue weighted by Crippen LogP contribution is 2.42. The Kier molecular flexibility index (Phi) is 4.67. The quantitative estimate of drug-likeness (QED) is 0.791. The van der Waals surface area contributed by atoms with Crippen LogP contribution in [0, 0.1) is 18.3 Å². The third-order valence-corrected chi connectivity index (χ3v) is 5.31. The molecule has 0 bridgehead atoms. The Bertz CT molecular complexity index is 789. The lowest BCUT2D eigenvalue weighted by molar-refractivity contribution is 0.112. The number of morpholine rings is 1. The molecule has 0 saturated carbocycles. The molecular formula is C17H15ClN2O2S. The Morgan fingerprint density at radius 3 is 2.78 bits per heavy atom. The van der Waals surface area contributed by atoms with E-state index in [2.05, 4.69) is 11.0 Å². The van der Waals surface area contributed by atoms with Crippen LogP contribution in [0.2, 0.25) is 5.02 Å².